The first-order valence-corrected chi connectivity index (χ1v) is 7.87. The lowest BCUT2D eigenvalue weighted by molar-refractivity contribution is 0.184. The van der Waals surface area contributed by atoms with Crippen LogP contribution in [0, 0.1) is 5.92 Å². The van der Waals surface area contributed by atoms with Crippen molar-refractivity contribution >= 4 is 12.4 Å². The average molecular weight is 313 g/mol. The fourth-order valence-electron chi connectivity index (χ4n) is 2.84. The van der Waals surface area contributed by atoms with Gasteiger partial charge in [0, 0.05) is 6.54 Å². The molecule has 1 aliphatic heterocycles. The average Bonchev–Trinajstić information content (AvgIpc) is 2.52. The molecule has 0 atom stereocenters. The molecule has 1 saturated heterocycles. The maximum Gasteiger partial charge on any atom is 0.118 e. The van der Waals surface area contributed by atoms with Gasteiger partial charge in [-0.3, -0.25) is 0 Å². The second-order valence-electron chi connectivity index (χ2n) is 5.69. The predicted octanol–water partition coefficient (Wildman–Crippen LogP) is 2.98. The second-order valence-corrected chi connectivity index (χ2v) is 5.69. The molecule has 120 valence electrons. The van der Waals surface area contributed by atoms with E-state index in [1.54, 1.807) is 7.11 Å². The van der Waals surface area contributed by atoms with E-state index in [4.69, 9.17) is 4.74 Å². The van der Waals surface area contributed by atoms with Crippen LogP contribution in [0.2, 0.25) is 0 Å². The first-order valence-electron chi connectivity index (χ1n) is 7.87. The van der Waals surface area contributed by atoms with Crippen molar-refractivity contribution in [3.8, 4) is 5.75 Å². The molecule has 0 bridgehead atoms. The van der Waals surface area contributed by atoms with Crippen molar-refractivity contribution in [3.63, 3.8) is 0 Å². The van der Waals surface area contributed by atoms with Gasteiger partial charge in [-0.1, -0.05) is 19.1 Å². The molecule has 1 aliphatic rings. The second kappa shape index (κ2) is 10.0. The Morgan fingerprint density at radius 3 is 2.43 bits per heavy atom. The van der Waals surface area contributed by atoms with Crippen molar-refractivity contribution in [1.82, 2.24) is 10.2 Å². The van der Waals surface area contributed by atoms with Gasteiger partial charge in [-0.05, 0) is 69.1 Å². The Bertz CT molecular complexity index is 375. The third-order valence-corrected chi connectivity index (χ3v) is 4.27. The van der Waals surface area contributed by atoms with Gasteiger partial charge in [0.25, 0.3) is 0 Å². The maximum absolute atomic E-state index is 5.19. The number of likely N-dealkylation sites (tertiary alicyclic amines) is 1. The molecule has 0 spiro atoms. The van der Waals surface area contributed by atoms with E-state index in [1.807, 2.05) is 0 Å². The van der Waals surface area contributed by atoms with Crippen molar-refractivity contribution < 1.29 is 4.74 Å². The summed E-state index contributed by atoms with van der Waals surface area (Å²) in [4.78, 5) is 2.60. The molecule has 2 rings (SSSR count). The molecule has 1 N–H and O–H groups in total. The molecule has 0 unspecified atom stereocenters. The van der Waals surface area contributed by atoms with Crippen LogP contribution in [0.1, 0.15) is 25.3 Å². The number of hydrogen-bond acceptors (Lipinski definition) is 3. The van der Waals surface area contributed by atoms with Crippen molar-refractivity contribution in [2.24, 2.45) is 5.92 Å². The van der Waals surface area contributed by atoms with Gasteiger partial charge in [-0.15, -0.1) is 12.4 Å². The Kier molecular flexibility index (Phi) is 8.74. The Labute approximate surface area is 135 Å². The number of nitrogens with zero attached hydrogens (tertiary/aromatic N) is 1. The molecule has 4 heteroatoms. The molecule has 0 saturated carbocycles. The number of ether oxygens (including phenoxy) is 1. The minimum Gasteiger partial charge on any atom is -0.497 e. The predicted molar refractivity (Wildman–Crippen MR) is 91.7 cm³/mol. The zero-order valence-electron chi connectivity index (χ0n) is 13.3. The highest BCUT2D eigenvalue weighted by Gasteiger charge is 2.18. The number of benzene rings is 1. The molecule has 1 fully saturated rings. The summed E-state index contributed by atoms with van der Waals surface area (Å²) in [7, 11) is 1.71. The summed E-state index contributed by atoms with van der Waals surface area (Å²) in [5, 5.41) is 3.47. The lowest BCUT2D eigenvalue weighted by Gasteiger charge is -2.32. The normalized spacial score (nSPS) is 16.5. The third kappa shape index (κ3) is 6.25. The summed E-state index contributed by atoms with van der Waals surface area (Å²) < 4.78 is 5.19. The van der Waals surface area contributed by atoms with E-state index in [-0.39, 0.29) is 12.4 Å². The first-order chi connectivity index (χ1) is 9.81. The maximum atomic E-state index is 5.19. The molecule has 0 aliphatic carbocycles. The third-order valence-electron chi connectivity index (χ3n) is 4.27. The van der Waals surface area contributed by atoms with Crippen LogP contribution in [-0.2, 0) is 6.42 Å². The van der Waals surface area contributed by atoms with Crippen LogP contribution in [0.3, 0.4) is 0 Å². The molecular weight excluding hydrogens is 284 g/mol. The van der Waals surface area contributed by atoms with E-state index in [0.29, 0.717) is 0 Å². The molecular formula is C17H29ClN2O. The van der Waals surface area contributed by atoms with Crippen molar-refractivity contribution in [2.75, 3.05) is 39.8 Å². The van der Waals surface area contributed by atoms with Gasteiger partial charge in [0.1, 0.15) is 5.75 Å². The van der Waals surface area contributed by atoms with Crippen LogP contribution in [0.15, 0.2) is 24.3 Å². The number of rotatable bonds is 7. The number of nitrogens with one attached hydrogen (secondary N) is 1. The first kappa shape index (κ1) is 18.3. The molecule has 1 heterocycles. The minimum absolute atomic E-state index is 0. The van der Waals surface area contributed by atoms with E-state index >= 15 is 0 Å². The summed E-state index contributed by atoms with van der Waals surface area (Å²) >= 11 is 0. The molecule has 3 nitrogen and oxygen atoms in total. The van der Waals surface area contributed by atoms with Crippen LogP contribution in [-0.4, -0.2) is 44.7 Å². The van der Waals surface area contributed by atoms with E-state index in [2.05, 4.69) is 41.4 Å². The summed E-state index contributed by atoms with van der Waals surface area (Å²) in [6.45, 7) is 8.17. The Hall–Kier alpha value is -0.770. The highest BCUT2D eigenvalue weighted by Crippen LogP contribution is 2.17. The van der Waals surface area contributed by atoms with Crippen LogP contribution in [0.25, 0.3) is 0 Å². The zero-order chi connectivity index (χ0) is 14.2. The van der Waals surface area contributed by atoms with Crippen molar-refractivity contribution in [3.05, 3.63) is 29.8 Å². The number of halogens is 1. The molecule has 0 aromatic heterocycles. The molecule has 1 aromatic rings. The van der Waals surface area contributed by atoms with Gasteiger partial charge in [0.15, 0.2) is 0 Å². The molecule has 0 radical (unpaired) electrons. The van der Waals surface area contributed by atoms with Crippen LogP contribution in [0.5, 0.6) is 5.75 Å². The highest BCUT2D eigenvalue weighted by atomic mass is 35.5. The van der Waals surface area contributed by atoms with E-state index in [9.17, 15) is 0 Å². The summed E-state index contributed by atoms with van der Waals surface area (Å²) in [6.07, 6.45) is 3.83. The van der Waals surface area contributed by atoms with Gasteiger partial charge >= 0.3 is 0 Å². The summed E-state index contributed by atoms with van der Waals surface area (Å²) in [5.41, 5.74) is 1.40. The monoisotopic (exact) mass is 312 g/mol. The van der Waals surface area contributed by atoms with Gasteiger partial charge in [-0.2, -0.15) is 0 Å². The smallest absolute Gasteiger partial charge is 0.118 e. The Balaban J connectivity index is 0.00000220. The quantitative estimate of drug-likeness (QED) is 0.837. The lowest BCUT2D eigenvalue weighted by Crippen LogP contribution is -2.38. The topological polar surface area (TPSA) is 24.5 Å². The Morgan fingerprint density at radius 1 is 1.19 bits per heavy atom. The van der Waals surface area contributed by atoms with E-state index in [1.165, 1.54) is 44.6 Å². The van der Waals surface area contributed by atoms with Gasteiger partial charge in [-0.25, -0.2) is 0 Å². The SMILES string of the molecule is CCNCC1CCN(CCc2ccc(OC)cc2)CC1.Cl. The highest BCUT2D eigenvalue weighted by molar-refractivity contribution is 5.85. The fraction of sp³-hybridized carbons (Fsp3) is 0.647. The van der Waals surface area contributed by atoms with E-state index < -0.39 is 0 Å². The van der Waals surface area contributed by atoms with Crippen LogP contribution < -0.4 is 10.1 Å². The summed E-state index contributed by atoms with van der Waals surface area (Å²) in [5.74, 6) is 1.82. The fourth-order valence-corrected chi connectivity index (χ4v) is 2.84. The number of piperidine rings is 1. The van der Waals surface area contributed by atoms with Crippen LogP contribution in [0.4, 0.5) is 0 Å². The number of hydrogen-bond donors (Lipinski definition) is 1. The molecule has 21 heavy (non-hydrogen) atoms. The van der Waals surface area contributed by atoms with Gasteiger partial charge < -0.3 is 15.0 Å². The van der Waals surface area contributed by atoms with Gasteiger partial charge in [0.2, 0.25) is 0 Å². The summed E-state index contributed by atoms with van der Waals surface area (Å²) in [6, 6.07) is 8.46. The van der Waals surface area contributed by atoms with Crippen molar-refractivity contribution in [1.29, 1.82) is 0 Å². The standard InChI is InChI=1S/C17H28N2O.ClH/c1-3-18-14-16-9-12-19(13-10-16)11-8-15-4-6-17(20-2)7-5-15;/h4-7,16,18H,3,8-14H2,1-2H3;1H. The van der Waals surface area contributed by atoms with Crippen molar-refractivity contribution in [2.45, 2.75) is 26.2 Å². The molecule has 0 amide bonds. The largest absolute Gasteiger partial charge is 0.497 e. The minimum atomic E-state index is 0. The number of methoxy groups -OCH3 is 1. The Morgan fingerprint density at radius 2 is 1.86 bits per heavy atom. The lowest BCUT2D eigenvalue weighted by atomic mass is 9.96. The van der Waals surface area contributed by atoms with Gasteiger partial charge in [0.05, 0.1) is 7.11 Å². The zero-order valence-corrected chi connectivity index (χ0v) is 14.1. The molecule has 1 aromatic carbocycles. The van der Waals surface area contributed by atoms with Crippen LogP contribution >= 0.6 is 12.4 Å². The van der Waals surface area contributed by atoms with E-state index in [0.717, 1.165) is 24.6 Å².